The standard InChI is InChI=1S/C8H6ClN3S/c9-8-2-1-7(13-8)5-3-11-12-4-6(5)10/h1-4H,(H2,10,11). The Morgan fingerprint density at radius 3 is 2.62 bits per heavy atom. The van der Waals surface area contributed by atoms with E-state index >= 15 is 0 Å². The molecule has 0 aliphatic carbocycles. The fourth-order valence-corrected chi connectivity index (χ4v) is 2.07. The third kappa shape index (κ3) is 1.64. The minimum absolute atomic E-state index is 0.619. The molecule has 0 spiro atoms. The van der Waals surface area contributed by atoms with Crippen molar-refractivity contribution in [2.24, 2.45) is 0 Å². The van der Waals surface area contributed by atoms with Gasteiger partial charge in [0.1, 0.15) is 0 Å². The first-order valence-electron chi connectivity index (χ1n) is 3.59. The van der Waals surface area contributed by atoms with Crippen LogP contribution in [0.4, 0.5) is 5.69 Å². The topological polar surface area (TPSA) is 51.8 Å². The third-order valence-corrected chi connectivity index (χ3v) is 2.86. The van der Waals surface area contributed by atoms with Crippen LogP contribution in [0.5, 0.6) is 0 Å². The first-order chi connectivity index (χ1) is 6.27. The summed E-state index contributed by atoms with van der Waals surface area (Å²) in [7, 11) is 0. The normalized spacial score (nSPS) is 10.2. The molecule has 0 radical (unpaired) electrons. The Morgan fingerprint density at radius 2 is 2.00 bits per heavy atom. The minimum Gasteiger partial charge on any atom is -0.397 e. The highest BCUT2D eigenvalue weighted by Crippen LogP contribution is 2.33. The predicted octanol–water partition coefficient (Wildman–Crippen LogP) is 2.44. The number of nitrogen functional groups attached to an aromatic ring is 1. The van der Waals surface area contributed by atoms with Crippen molar-refractivity contribution in [3.05, 3.63) is 28.9 Å². The van der Waals surface area contributed by atoms with Gasteiger partial charge in [-0.05, 0) is 12.1 Å². The maximum absolute atomic E-state index is 5.80. The van der Waals surface area contributed by atoms with Crippen LogP contribution in [0.3, 0.4) is 0 Å². The van der Waals surface area contributed by atoms with E-state index in [4.69, 9.17) is 17.3 Å². The van der Waals surface area contributed by atoms with E-state index in [1.165, 1.54) is 17.5 Å². The number of rotatable bonds is 1. The molecule has 13 heavy (non-hydrogen) atoms. The number of aromatic nitrogens is 2. The van der Waals surface area contributed by atoms with Gasteiger partial charge in [-0.2, -0.15) is 10.2 Å². The van der Waals surface area contributed by atoms with Crippen LogP contribution in [0.15, 0.2) is 24.5 Å². The average Bonchev–Trinajstić information content (AvgIpc) is 2.53. The SMILES string of the molecule is Nc1cnncc1-c1ccc(Cl)s1. The van der Waals surface area contributed by atoms with Gasteiger partial charge >= 0.3 is 0 Å². The van der Waals surface area contributed by atoms with Gasteiger partial charge in [-0.3, -0.25) is 0 Å². The monoisotopic (exact) mass is 211 g/mol. The van der Waals surface area contributed by atoms with Crippen LogP contribution in [-0.4, -0.2) is 10.2 Å². The fourth-order valence-electron chi connectivity index (χ4n) is 0.996. The second-order valence-corrected chi connectivity index (χ2v) is 4.18. The van der Waals surface area contributed by atoms with Crippen molar-refractivity contribution in [1.82, 2.24) is 10.2 Å². The Hall–Kier alpha value is -1.13. The summed E-state index contributed by atoms with van der Waals surface area (Å²) in [6.07, 6.45) is 3.17. The molecule has 0 fully saturated rings. The molecule has 2 aromatic rings. The number of nitrogens with zero attached hydrogens (tertiary/aromatic N) is 2. The smallest absolute Gasteiger partial charge is 0.0934 e. The summed E-state index contributed by atoms with van der Waals surface area (Å²) in [5.41, 5.74) is 7.22. The van der Waals surface area contributed by atoms with Crippen LogP contribution in [-0.2, 0) is 0 Å². The highest BCUT2D eigenvalue weighted by atomic mass is 35.5. The van der Waals surface area contributed by atoms with Crippen molar-refractivity contribution >= 4 is 28.6 Å². The lowest BCUT2D eigenvalue weighted by molar-refractivity contribution is 1.04. The number of anilines is 1. The van der Waals surface area contributed by atoms with Gasteiger partial charge in [-0.25, -0.2) is 0 Å². The maximum Gasteiger partial charge on any atom is 0.0934 e. The number of halogens is 1. The van der Waals surface area contributed by atoms with Crippen molar-refractivity contribution in [2.45, 2.75) is 0 Å². The molecule has 0 saturated heterocycles. The Bertz CT molecular complexity index is 427. The van der Waals surface area contributed by atoms with Crippen molar-refractivity contribution in [2.75, 3.05) is 5.73 Å². The molecule has 0 unspecified atom stereocenters. The predicted molar refractivity (Wildman–Crippen MR) is 54.8 cm³/mol. The van der Waals surface area contributed by atoms with Gasteiger partial charge in [0.25, 0.3) is 0 Å². The molecule has 0 amide bonds. The Labute approximate surface area is 84.2 Å². The molecule has 66 valence electrons. The molecule has 0 atom stereocenters. The molecule has 2 aromatic heterocycles. The van der Waals surface area contributed by atoms with Crippen LogP contribution >= 0.6 is 22.9 Å². The molecular formula is C8H6ClN3S. The van der Waals surface area contributed by atoms with E-state index in [1.54, 1.807) is 6.20 Å². The van der Waals surface area contributed by atoms with Gasteiger partial charge in [0.05, 0.1) is 22.4 Å². The lowest BCUT2D eigenvalue weighted by Crippen LogP contribution is -1.91. The highest BCUT2D eigenvalue weighted by Gasteiger charge is 2.05. The second-order valence-electron chi connectivity index (χ2n) is 2.46. The zero-order chi connectivity index (χ0) is 9.26. The number of hydrogen-bond acceptors (Lipinski definition) is 4. The summed E-state index contributed by atoms with van der Waals surface area (Å²) >= 11 is 7.28. The summed E-state index contributed by atoms with van der Waals surface area (Å²) in [6, 6.07) is 3.75. The molecule has 2 N–H and O–H groups in total. The van der Waals surface area contributed by atoms with Gasteiger partial charge in [-0.15, -0.1) is 11.3 Å². The summed E-state index contributed by atoms with van der Waals surface area (Å²) in [5, 5.41) is 7.44. The fraction of sp³-hybridized carbons (Fsp3) is 0. The van der Waals surface area contributed by atoms with Crippen LogP contribution in [0, 0.1) is 0 Å². The van der Waals surface area contributed by atoms with Gasteiger partial charge < -0.3 is 5.73 Å². The van der Waals surface area contributed by atoms with Crippen molar-refractivity contribution in [3.8, 4) is 10.4 Å². The minimum atomic E-state index is 0.619. The van der Waals surface area contributed by atoms with E-state index in [1.807, 2.05) is 12.1 Å². The molecule has 0 aliphatic heterocycles. The van der Waals surface area contributed by atoms with E-state index < -0.39 is 0 Å². The molecule has 0 bridgehead atoms. The Kier molecular flexibility index (Phi) is 2.16. The number of thiophene rings is 1. The van der Waals surface area contributed by atoms with Crippen molar-refractivity contribution in [1.29, 1.82) is 0 Å². The summed E-state index contributed by atoms with van der Waals surface area (Å²) in [4.78, 5) is 1.01. The summed E-state index contributed by atoms with van der Waals surface area (Å²) in [5.74, 6) is 0. The van der Waals surface area contributed by atoms with E-state index in [9.17, 15) is 0 Å². The molecular weight excluding hydrogens is 206 g/mol. The number of nitrogens with two attached hydrogens (primary N) is 1. The second kappa shape index (κ2) is 3.32. The van der Waals surface area contributed by atoms with E-state index in [-0.39, 0.29) is 0 Å². The molecule has 0 aromatic carbocycles. The largest absolute Gasteiger partial charge is 0.397 e. The summed E-state index contributed by atoms with van der Waals surface area (Å²) in [6.45, 7) is 0. The summed E-state index contributed by atoms with van der Waals surface area (Å²) < 4.78 is 0.742. The molecule has 2 heterocycles. The number of hydrogen-bond donors (Lipinski definition) is 1. The van der Waals surface area contributed by atoms with Gasteiger partial charge in [0.15, 0.2) is 0 Å². The van der Waals surface area contributed by atoms with E-state index in [0.717, 1.165) is 14.8 Å². The van der Waals surface area contributed by atoms with Crippen LogP contribution in [0.2, 0.25) is 4.34 Å². The van der Waals surface area contributed by atoms with E-state index in [0.29, 0.717) is 5.69 Å². The first-order valence-corrected chi connectivity index (χ1v) is 4.78. The molecule has 2 rings (SSSR count). The zero-order valence-corrected chi connectivity index (χ0v) is 8.14. The highest BCUT2D eigenvalue weighted by molar-refractivity contribution is 7.19. The molecule has 3 nitrogen and oxygen atoms in total. The maximum atomic E-state index is 5.80. The van der Waals surface area contributed by atoms with Gasteiger partial charge in [-0.1, -0.05) is 11.6 Å². The van der Waals surface area contributed by atoms with Crippen LogP contribution in [0.1, 0.15) is 0 Å². The third-order valence-electron chi connectivity index (χ3n) is 1.60. The quantitative estimate of drug-likeness (QED) is 0.788. The van der Waals surface area contributed by atoms with Gasteiger partial charge in [0, 0.05) is 10.4 Å². The van der Waals surface area contributed by atoms with Gasteiger partial charge in [0.2, 0.25) is 0 Å². The lowest BCUT2D eigenvalue weighted by Gasteiger charge is -1.98. The van der Waals surface area contributed by atoms with Crippen molar-refractivity contribution < 1.29 is 0 Å². The van der Waals surface area contributed by atoms with E-state index in [2.05, 4.69) is 10.2 Å². The van der Waals surface area contributed by atoms with Crippen LogP contribution in [0.25, 0.3) is 10.4 Å². The zero-order valence-electron chi connectivity index (χ0n) is 6.57. The lowest BCUT2D eigenvalue weighted by atomic mass is 10.2. The molecule has 0 aliphatic rings. The molecule has 5 heteroatoms. The van der Waals surface area contributed by atoms with Crippen molar-refractivity contribution in [3.63, 3.8) is 0 Å². The van der Waals surface area contributed by atoms with Crippen LogP contribution < -0.4 is 5.73 Å². The average molecular weight is 212 g/mol. The first kappa shape index (κ1) is 8.47. The molecule has 0 saturated carbocycles. The Morgan fingerprint density at radius 1 is 1.23 bits per heavy atom. The Balaban J connectivity index is 2.52.